The number of rotatable bonds is 8. The molecule has 0 N–H and O–H groups in total. The third kappa shape index (κ3) is 4.31. The van der Waals surface area contributed by atoms with Crippen molar-refractivity contribution in [3.63, 3.8) is 0 Å². The van der Waals surface area contributed by atoms with Gasteiger partial charge in [-0.05, 0) is 30.2 Å². The number of hydrogen-bond donors (Lipinski definition) is 0. The molecule has 0 aliphatic carbocycles. The minimum Gasteiger partial charge on any atom is -0.451 e. The third-order valence-electron chi connectivity index (χ3n) is 7.52. The molecular weight excluding hydrogens is 550 g/mol. The fourth-order valence-electron chi connectivity index (χ4n) is 5.62. The van der Waals surface area contributed by atoms with Crippen LogP contribution < -0.4 is 0 Å². The van der Waals surface area contributed by atoms with E-state index in [0.29, 0.717) is 11.1 Å². The lowest BCUT2D eigenvalue weighted by atomic mass is 9.94. The lowest BCUT2D eigenvalue weighted by molar-refractivity contribution is -0.758. The molecule has 6 rings (SSSR count). The van der Waals surface area contributed by atoms with Crippen molar-refractivity contribution in [1.29, 1.82) is 0 Å². The molecule has 3 aliphatic rings. The highest BCUT2D eigenvalue weighted by Crippen LogP contribution is 2.54. The summed E-state index contributed by atoms with van der Waals surface area (Å²) in [6.45, 7) is 1.04. The van der Waals surface area contributed by atoms with Crippen LogP contribution in [0.15, 0.2) is 84.9 Å². The molecule has 0 radical (unpaired) electrons. The van der Waals surface area contributed by atoms with Crippen LogP contribution in [0.25, 0.3) is 0 Å². The number of amides is 3. The molecule has 2 unspecified atom stereocenters. The van der Waals surface area contributed by atoms with Crippen LogP contribution in [0.5, 0.6) is 0 Å². The van der Waals surface area contributed by atoms with Crippen molar-refractivity contribution in [2.45, 2.75) is 35.2 Å². The molecule has 208 valence electrons. The topological polar surface area (TPSA) is 136 Å². The van der Waals surface area contributed by atoms with Crippen LogP contribution in [0.4, 0.5) is 0 Å². The van der Waals surface area contributed by atoms with Gasteiger partial charge >= 0.3 is 5.97 Å². The van der Waals surface area contributed by atoms with Crippen LogP contribution in [0.2, 0.25) is 0 Å². The zero-order valence-electron chi connectivity index (χ0n) is 21.6. The summed E-state index contributed by atoms with van der Waals surface area (Å²) in [5.74, 6) is -2.63. The Balaban J connectivity index is 1.32. The Bertz CT molecular complexity index is 1490. The fourth-order valence-corrected chi connectivity index (χ4v) is 7.34. The highest BCUT2D eigenvalue weighted by atomic mass is 32.2. The predicted octanol–water partition coefficient (Wildman–Crippen LogP) is 3.23. The molecule has 11 nitrogen and oxygen atoms in total. The predicted molar refractivity (Wildman–Crippen MR) is 145 cm³/mol. The van der Waals surface area contributed by atoms with E-state index in [2.05, 4.69) is 0 Å². The number of imide groups is 1. The number of β-lactam (4-membered cyclic amide) rings is 1. The van der Waals surface area contributed by atoms with Crippen molar-refractivity contribution in [3.05, 3.63) is 117 Å². The van der Waals surface area contributed by atoms with Crippen molar-refractivity contribution in [1.82, 2.24) is 9.80 Å². The average Bonchev–Trinajstić information content (AvgIpc) is 3.40. The summed E-state index contributed by atoms with van der Waals surface area (Å²) in [5, 5.41) is 9.34. The van der Waals surface area contributed by atoms with Crippen molar-refractivity contribution in [2.75, 3.05) is 6.61 Å². The number of hydrogen-bond acceptors (Lipinski definition) is 9. The monoisotopic (exact) mass is 573 g/mol. The van der Waals surface area contributed by atoms with Gasteiger partial charge in [0.2, 0.25) is 0 Å². The third-order valence-corrected chi connectivity index (χ3v) is 9.13. The second-order valence-corrected chi connectivity index (χ2v) is 11.7. The van der Waals surface area contributed by atoms with Gasteiger partial charge in [-0.2, -0.15) is 0 Å². The summed E-state index contributed by atoms with van der Waals surface area (Å²) in [6, 6.07) is 21.9. The molecule has 0 spiro atoms. The van der Waals surface area contributed by atoms with Crippen LogP contribution in [0, 0.1) is 10.1 Å². The second kappa shape index (κ2) is 10.0. The number of nitrogens with zero attached hydrogens (tertiary/aromatic N) is 3. The van der Waals surface area contributed by atoms with Crippen molar-refractivity contribution in [3.8, 4) is 0 Å². The van der Waals surface area contributed by atoms with Gasteiger partial charge in [-0.15, -0.1) is 21.9 Å². The molecule has 0 saturated carbocycles. The van der Waals surface area contributed by atoms with E-state index in [1.165, 1.54) is 17.0 Å². The maximum Gasteiger partial charge on any atom is 0.331 e. The highest BCUT2D eigenvalue weighted by Gasteiger charge is 2.69. The van der Waals surface area contributed by atoms with Gasteiger partial charge in [0.15, 0.2) is 6.10 Å². The maximum atomic E-state index is 13.9. The molecule has 2 fully saturated rings. The summed E-state index contributed by atoms with van der Waals surface area (Å²) < 4.78 is 4.72. The Labute approximate surface area is 238 Å². The van der Waals surface area contributed by atoms with E-state index in [4.69, 9.17) is 9.57 Å². The quantitative estimate of drug-likeness (QED) is 0.131. The first kappa shape index (κ1) is 26.5. The minimum atomic E-state index is -1.32. The van der Waals surface area contributed by atoms with Crippen LogP contribution in [0.1, 0.15) is 44.9 Å². The summed E-state index contributed by atoms with van der Waals surface area (Å²) in [6.07, 6.45) is -0.821. The standard InChI is InChI=1S/C29H23N3O8S/c1-29(16-39-32(37)38)23(28(36)40-22(17-10-4-2-5-11-17)18-12-6-3-7-13-18)31-26(35)21(27(31)41-29)30-24(33)19-14-8-9-15-20(19)25(30)34/h2-15,21-23,27H,16H2,1H3/t21?,23?,27-,29+/m1/s1. The van der Waals surface area contributed by atoms with Gasteiger partial charge in [0, 0.05) is 0 Å². The van der Waals surface area contributed by atoms with Gasteiger partial charge < -0.3 is 14.5 Å². The van der Waals surface area contributed by atoms with E-state index in [1.807, 2.05) is 12.1 Å². The number of benzene rings is 3. The first-order valence-electron chi connectivity index (χ1n) is 12.8. The van der Waals surface area contributed by atoms with Crippen molar-refractivity contribution >= 4 is 35.5 Å². The molecule has 0 bridgehead atoms. The number of esters is 1. The number of ether oxygens (including phenoxy) is 1. The number of carbonyl (C=O) groups excluding carboxylic acids is 4. The summed E-state index contributed by atoms with van der Waals surface area (Å²) in [4.78, 5) is 71.8. The summed E-state index contributed by atoms with van der Waals surface area (Å²) in [5.41, 5.74) is 1.76. The van der Waals surface area contributed by atoms with Crippen LogP contribution in [0.3, 0.4) is 0 Å². The number of fused-ring (bicyclic) bond motifs is 2. The molecule has 3 aliphatic heterocycles. The van der Waals surface area contributed by atoms with E-state index >= 15 is 0 Å². The molecule has 0 aromatic heterocycles. The first-order valence-corrected chi connectivity index (χ1v) is 13.6. The van der Waals surface area contributed by atoms with Crippen LogP contribution in [-0.2, 0) is 19.2 Å². The molecule has 12 heteroatoms. The Morgan fingerprint density at radius 2 is 1.44 bits per heavy atom. The SMILES string of the molecule is C[C@@]1(CO[N+](=O)[O-])S[C@@H]2C(N3C(=O)c4ccccc4C3=O)C(=O)N2C1C(=O)OC(c1ccccc1)c1ccccc1. The lowest BCUT2D eigenvalue weighted by Gasteiger charge is -2.46. The maximum absolute atomic E-state index is 13.9. The van der Waals surface area contributed by atoms with Gasteiger partial charge in [-0.25, -0.2) is 4.79 Å². The van der Waals surface area contributed by atoms with Crippen molar-refractivity contribution in [2.24, 2.45) is 0 Å². The van der Waals surface area contributed by atoms with Crippen LogP contribution in [-0.4, -0.2) is 67.4 Å². The van der Waals surface area contributed by atoms with Gasteiger partial charge in [0.25, 0.3) is 22.8 Å². The Kier molecular flexibility index (Phi) is 6.49. The molecule has 3 amide bonds. The van der Waals surface area contributed by atoms with Crippen LogP contribution >= 0.6 is 11.8 Å². The smallest absolute Gasteiger partial charge is 0.331 e. The zero-order chi connectivity index (χ0) is 28.9. The largest absolute Gasteiger partial charge is 0.451 e. The molecule has 41 heavy (non-hydrogen) atoms. The van der Waals surface area contributed by atoms with E-state index < -0.39 is 63.7 Å². The number of thioether (sulfide) groups is 1. The Morgan fingerprint density at radius 1 is 0.927 bits per heavy atom. The van der Waals surface area contributed by atoms with E-state index in [9.17, 15) is 29.3 Å². The fraction of sp³-hybridized carbons (Fsp3) is 0.241. The van der Waals surface area contributed by atoms with Gasteiger partial charge in [-0.3, -0.25) is 19.3 Å². The molecular formula is C29H23N3O8S. The Hall–Kier alpha value is -4.71. The normalized spacial score (nSPS) is 24.6. The van der Waals surface area contributed by atoms with Gasteiger partial charge in [0.1, 0.15) is 24.1 Å². The van der Waals surface area contributed by atoms with E-state index in [-0.39, 0.29) is 11.1 Å². The highest BCUT2D eigenvalue weighted by molar-refractivity contribution is 8.01. The van der Waals surface area contributed by atoms with Gasteiger partial charge in [-0.1, -0.05) is 72.8 Å². The Morgan fingerprint density at radius 3 is 1.95 bits per heavy atom. The summed E-state index contributed by atoms with van der Waals surface area (Å²) in [7, 11) is 0. The number of carbonyl (C=O) groups is 4. The van der Waals surface area contributed by atoms with Gasteiger partial charge in [0.05, 0.1) is 15.9 Å². The molecule has 2 saturated heterocycles. The molecule has 3 heterocycles. The van der Waals surface area contributed by atoms with E-state index in [1.54, 1.807) is 67.6 Å². The zero-order valence-corrected chi connectivity index (χ0v) is 22.4. The minimum absolute atomic E-state index is 0.190. The van der Waals surface area contributed by atoms with E-state index in [0.717, 1.165) is 16.7 Å². The second-order valence-electron chi connectivity index (χ2n) is 10.1. The first-order chi connectivity index (χ1) is 19.7. The molecule has 4 atom stereocenters. The molecule has 3 aromatic rings. The lowest BCUT2D eigenvalue weighted by Crippen LogP contribution is -2.71. The average molecular weight is 574 g/mol. The summed E-state index contributed by atoms with van der Waals surface area (Å²) >= 11 is 1.07. The van der Waals surface area contributed by atoms with Crippen molar-refractivity contribution < 1.29 is 33.8 Å². The molecule has 3 aromatic carbocycles.